The zero-order valence-electron chi connectivity index (χ0n) is 17.3. The van der Waals surface area contributed by atoms with Gasteiger partial charge in [-0.2, -0.15) is 0 Å². The Kier molecular flexibility index (Phi) is 7.29. The predicted molar refractivity (Wildman–Crippen MR) is 112 cm³/mol. The third-order valence-corrected chi connectivity index (χ3v) is 5.68. The molecule has 0 fully saturated rings. The maximum absolute atomic E-state index is 2.45. The Morgan fingerprint density at radius 1 is 0.440 bits per heavy atom. The van der Waals surface area contributed by atoms with E-state index in [0.717, 1.165) is 44.9 Å². The maximum atomic E-state index is 2.45. The van der Waals surface area contributed by atoms with Crippen LogP contribution in [0, 0.1) is 0 Å². The quantitative estimate of drug-likeness (QED) is 0.506. The van der Waals surface area contributed by atoms with E-state index in [1.54, 1.807) is 33.4 Å². The van der Waals surface area contributed by atoms with E-state index >= 15 is 0 Å². The summed E-state index contributed by atoms with van der Waals surface area (Å²) in [6.07, 6.45) is 7.89. The van der Waals surface area contributed by atoms with Gasteiger partial charge in [-0.3, -0.25) is 0 Å². The van der Waals surface area contributed by atoms with Crippen LogP contribution in [-0.4, -0.2) is 0 Å². The van der Waals surface area contributed by atoms with Gasteiger partial charge in [0.05, 0.1) is 0 Å². The average molecular weight is 337 g/mol. The largest absolute Gasteiger partial charge is 0.0613 e. The van der Waals surface area contributed by atoms with Crippen LogP contribution in [0.1, 0.15) is 86.1 Å². The molecule has 0 saturated carbocycles. The van der Waals surface area contributed by atoms with E-state index in [1.807, 2.05) is 0 Å². The molecule has 0 atom stereocenters. The highest BCUT2D eigenvalue weighted by Crippen LogP contribution is 2.28. The highest BCUT2D eigenvalue weighted by molar-refractivity contribution is 5.47. The minimum absolute atomic E-state index is 1.10. The van der Waals surface area contributed by atoms with Gasteiger partial charge in [0.2, 0.25) is 0 Å². The lowest BCUT2D eigenvalue weighted by Gasteiger charge is -2.20. The third-order valence-electron chi connectivity index (χ3n) is 5.68. The first kappa shape index (κ1) is 19.8. The predicted octanol–water partition coefficient (Wildman–Crippen LogP) is 6.65. The molecule has 25 heavy (non-hydrogen) atoms. The molecule has 136 valence electrons. The first-order chi connectivity index (χ1) is 12.1. The van der Waals surface area contributed by atoms with Crippen molar-refractivity contribution in [2.45, 2.75) is 86.5 Å². The molecule has 0 saturated heterocycles. The van der Waals surface area contributed by atoms with Gasteiger partial charge in [0.25, 0.3) is 0 Å². The van der Waals surface area contributed by atoms with Crippen molar-refractivity contribution in [2.75, 3.05) is 0 Å². The molecule has 0 aliphatic rings. The second-order valence-electron chi connectivity index (χ2n) is 7.08. The Morgan fingerprint density at radius 3 is 0.920 bits per heavy atom. The molecule has 0 nitrogen and oxygen atoms in total. The van der Waals surface area contributed by atoms with Crippen LogP contribution in [0.15, 0.2) is 24.3 Å². The fourth-order valence-electron chi connectivity index (χ4n) is 4.04. The Hall–Kier alpha value is -1.56. The standard InChI is InChI=1S/C25H36/c1-7-18-13-20(9-3)24(21(10-4)14-18)17-25-22(11-5)15-19(8-2)16-23(25)12-6/h13-16H,7-12,17H2,1-6H3. The summed E-state index contributed by atoms with van der Waals surface area (Å²) in [5.41, 5.74) is 12.4. The molecular weight excluding hydrogens is 300 g/mol. The Balaban J connectivity index is 2.59. The summed E-state index contributed by atoms with van der Waals surface area (Å²) in [5.74, 6) is 0. The second-order valence-corrected chi connectivity index (χ2v) is 7.08. The lowest BCUT2D eigenvalue weighted by Crippen LogP contribution is -2.07. The highest BCUT2D eigenvalue weighted by atomic mass is 14.2. The molecule has 0 aliphatic heterocycles. The van der Waals surface area contributed by atoms with Gasteiger partial charge in [-0.25, -0.2) is 0 Å². The molecule has 0 aliphatic carbocycles. The van der Waals surface area contributed by atoms with Crippen LogP contribution in [0.25, 0.3) is 0 Å². The fourth-order valence-corrected chi connectivity index (χ4v) is 4.04. The molecule has 0 heteroatoms. The summed E-state index contributed by atoms with van der Waals surface area (Å²) >= 11 is 0. The van der Waals surface area contributed by atoms with Gasteiger partial charge >= 0.3 is 0 Å². The van der Waals surface area contributed by atoms with E-state index in [0.29, 0.717) is 0 Å². The molecule has 2 aromatic rings. The molecule has 0 spiro atoms. The van der Waals surface area contributed by atoms with Crippen LogP contribution in [0.4, 0.5) is 0 Å². The Morgan fingerprint density at radius 2 is 0.720 bits per heavy atom. The van der Waals surface area contributed by atoms with Crippen LogP contribution in [0.3, 0.4) is 0 Å². The van der Waals surface area contributed by atoms with Crippen molar-refractivity contribution in [3.05, 3.63) is 68.8 Å². The minimum atomic E-state index is 1.10. The van der Waals surface area contributed by atoms with Crippen molar-refractivity contribution in [3.8, 4) is 0 Å². The first-order valence-electron chi connectivity index (χ1n) is 10.4. The normalized spacial score (nSPS) is 11.1. The number of hydrogen-bond donors (Lipinski definition) is 0. The fraction of sp³-hybridized carbons (Fsp3) is 0.520. The zero-order chi connectivity index (χ0) is 18.4. The van der Waals surface area contributed by atoms with E-state index in [2.05, 4.69) is 65.8 Å². The lowest BCUT2D eigenvalue weighted by molar-refractivity contribution is 0.937. The topological polar surface area (TPSA) is 0 Å². The van der Waals surface area contributed by atoms with Crippen molar-refractivity contribution in [1.82, 2.24) is 0 Å². The van der Waals surface area contributed by atoms with Gasteiger partial charge in [-0.15, -0.1) is 0 Å². The molecule has 2 rings (SSSR count). The summed E-state index contributed by atoms with van der Waals surface area (Å²) < 4.78 is 0. The maximum Gasteiger partial charge on any atom is -0.00148 e. The van der Waals surface area contributed by atoms with Gasteiger partial charge < -0.3 is 0 Å². The Labute approximate surface area is 155 Å². The number of aryl methyl sites for hydroxylation is 6. The summed E-state index contributed by atoms with van der Waals surface area (Å²) in [7, 11) is 0. The van der Waals surface area contributed by atoms with Crippen molar-refractivity contribution >= 4 is 0 Å². The van der Waals surface area contributed by atoms with Gasteiger partial charge in [-0.1, -0.05) is 65.8 Å². The van der Waals surface area contributed by atoms with E-state index in [-0.39, 0.29) is 0 Å². The van der Waals surface area contributed by atoms with Gasteiger partial charge in [0, 0.05) is 0 Å². The van der Waals surface area contributed by atoms with Gasteiger partial charge in [0.15, 0.2) is 0 Å². The number of hydrogen-bond acceptors (Lipinski definition) is 0. The molecule has 0 amide bonds. The van der Waals surface area contributed by atoms with Gasteiger partial charge in [0.1, 0.15) is 0 Å². The Bertz CT molecular complexity index is 594. The van der Waals surface area contributed by atoms with Crippen molar-refractivity contribution < 1.29 is 0 Å². The van der Waals surface area contributed by atoms with E-state index in [1.165, 1.54) is 11.1 Å². The molecular formula is C25H36. The SMILES string of the molecule is CCc1cc(CC)c(Cc2c(CC)cc(CC)cc2CC)c(CC)c1. The van der Waals surface area contributed by atoms with Crippen LogP contribution in [0.5, 0.6) is 0 Å². The molecule has 0 unspecified atom stereocenters. The summed E-state index contributed by atoms with van der Waals surface area (Å²) in [4.78, 5) is 0. The smallest absolute Gasteiger partial charge is 0.00148 e. The summed E-state index contributed by atoms with van der Waals surface area (Å²) in [6, 6.07) is 9.80. The molecule has 0 bridgehead atoms. The van der Waals surface area contributed by atoms with E-state index < -0.39 is 0 Å². The lowest BCUT2D eigenvalue weighted by atomic mass is 9.85. The van der Waals surface area contributed by atoms with Crippen LogP contribution < -0.4 is 0 Å². The van der Waals surface area contributed by atoms with Crippen molar-refractivity contribution in [1.29, 1.82) is 0 Å². The number of rotatable bonds is 8. The molecule has 0 aromatic heterocycles. The average Bonchev–Trinajstić information content (AvgIpc) is 2.67. The molecule has 0 radical (unpaired) electrons. The molecule has 2 aromatic carbocycles. The minimum Gasteiger partial charge on any atom is -0.0613 e. The highest BCUT2D eigenvalue weighted by Gasteiger charge is 2.14. The van der Waals surface area contributed by atoms with Crippen LogP contribution in [-0.2, 0) is 44.9 Å². The van der Waals surface area contributed by atoms with E-state index in [4.69, 9.17) is 0 Å². The molecule has 0 N–H and O–H groups in total. The monoisotopic (exact) mass is 336 g/mol. The number of benzene rings is 2. The summed E-state index contributed by atoms with van der Waals surface area (Å²) in [6.45, 7) is 13.8. The second kappa shape index (κ2) is 9.22. The molecule has 0 heterocycles. The van der Waals surface area contributed by atoms with Crippen LogP contribution in [0.2, 0.25) is 0 Å². The van der Waals surface area contributed by atoms with Crippen LogP contribution >= 0.6 is 0 Å². The van der Waals surface area contributed by atoms with Crippen molar-refractivity contribution in [2.24, 2.45) is 0 Å². The van der Waals surface area contributed by atoms with E-state index in [9.17, 15) is 0 Å². The first-order valence-corrected chi connectivity index (χ1v) is 10.4. The summed E-state index contributed by atoms with van der Waals surface area (Å²) in [5, 5.41) is 0. The zero-order valence-corrected chi connectivity index (χ0v) is 17.3. The third kappa shape index (κ3) is 4.35. The van der Waals surface area contributed by atoms with Gasteiger partial charge in [-0.05, 0) is 89.5 Å². The van der Waals surface area contributed by atoms with Crippen molar-refractivity contribution in [3.63, 3.8) is 0 Å².